The van der Waals surface area contributed by atoms with E-state index < -0.39 is 0 Å². The molecule has 4 nitrogen and oxygen atoms in total. The molecular formula is C24H23NO3. The minimum absolute atomic E-state index is 0.0121. The largest absolute Gasteiger partial charge is 0.493 e. The molecule has 4 heteroatoms. The lowest BCUT2D eigenvalue weighted by Gasteiger charge is -2.06. The molecule has 142 valence electrons. The van der Waals surface area contributed by atoms with Crippen molar-refractivity contribution >= 4 is 43.7 Å². The Morgan fingerprint density at radius 2 is 1.86 bits per heavy atom. The van der Waals surface area contributed by atoms with Crippen LogP contribution in [0.5, 0.6) is 5.75 Å². The van der Waals surface area contributed by atoms with Gasteiger partial charge in [-0.1, -0.05) is 50.1 Å². The van der Waals surface area contributed by atoms with Crippen LogP contribution in [0.2, 0.25) is 0 Å². The fraction of sp³-hybridized carbons (Fsp3) is 0.250. The molecule has 0 amide bonds. The van der Waals surface area contributed by atoms with Gasteiger partial charge < -0.3 is 19.2 Å². The maximum absolute atomic E-state index is 9.85. The molecule has 0 saturated heterocycles. The molecule has 0 radical (unpaired) electrons. The number of aliphatic hydroxyl groups is 1. The minimum atomic E-state index is -0.0121. The van der Waals surface area contributed by atoms with E-state index in [2.05, 4.69) is 24.0 Å². The summed E-state index contributed by atoms with van der Waals surface area (Å²) in [5.74, 6) is 0.802. The highest BCUT2D eigenvalue weighted by molar-refractivity contribution is 6.26. The highest BCUT2D eigenvalue weighted by atomic mass is 16.5. The van der Waals surface area contributed by atoms with Gasteiger partial charge in [0.25, 0.3) is 0 Å². The van der Waals surface area contributed by atoms with Crippen LogP contribution in [0.3, 0.4) is 0 Å². The smallest absolute Gasteiger partial charge is 0.141 e. The first-order valence-corrected chi connectivity index (χ1v) is 9.92. The van der Waals surface area contributed by atoms with Crippen LogP contribution in [0.4, 0.5) is 0 Å². The first-order valence-electron chi connectivity index (χ1n) is 9.92. The van der Waals surface area contributed by atoms with Gasteiger partial charge in [-0.15, -0.1) is 0 Å². The lowest BCUT2D eigenvalue weighted by Crippen LogP contribution is -1.96. The van der Waals surface area contributed by atoms with Gasteiger partial charge in [-0.25, -0.2) is 0 Å². The van der Waals surface area contributed by atoms with Crippen molar-refractivity contribution in [2.45, 2.75) is 32.8 Å². The summed E-state index contributed by atoms with van der Waals surface area (Å²) in [5.41, 5.74) is 4.43. The van der Waals surface area contributed by atoms with E-state index in [4.69, 9.17) is 9.15 Å². The van der Waals surface area contributed by atoms with Crippen LogP contribution >= 0.6 is 0 Å². The Labute approximate surface area is 162 Å². The third kappa shape index (κ3) is 2.64. The lowest BCUT2D eigenvalue weighted by molar-refractivity contribution is 0.283. The highest BCUT2D eigenvalue weighted by Gasteiger charge is 2.17. The van der Waals surface area contributed by atoms with Crippen molar-refractivity contribution in [3.63, 3.8) is 0 Å². The van der Waals surface area contributed by atoms with Crippen LogP contribution in [-0.4, -0.2) is 16.7 Å². The molecule has 0 unspecified atom stereocenters. The van der Waals surface area contributed by atoms with E-state index in [1.54, 1.807) is 0 Å². The number of fused-ring (bicyclic) bond motifs is 2. The summed E-state index contributed by atoms with van der Waals surface area (Å²) in [7, 11) is 0. The number of H-pyrrole nitrogens is 1. The molecule has 5 rings (SSSR count). The molecule has 0 spiro atoms. The monoisotopic (exact) mass is 373 g/mol. The van der Waals surface area contributed by atoms with Gasteiger partial charge in [0, 0.05) is 28.5 Å². The topological polar surface area (TPSA) is 58.4 Å². The number of aromatic nitrogens is 1. The Morgan fingerprint density at radius 1 is 0.964 bits per heavy atom. The van der Waals surface area contributed by atoms with E-state index in [1.807, 2.05) is 36.4 Å². The quantitative estimate of drug-likeness (QED) is 0.344. The third-order valence-electron chi connectivity index (χ3n) is 5.46. The summed E-state index contributed by atoms with van der Waals surface area (Å²) >= 11 is 0. The van der Waals surface area contributed by atoms with Crippen LogP contribution in [0.25, 0.3) is 43.7 Å². The molecule has 5 aromatic rings. The summed E-state index contributed by atoms with van der Waals surface area (Å²) in [6.07, 6.45) is 3.37. The summed E-state index contributed by atoms with van der Waals surface area (Å²) < 4.78 is 12.4. The number of unbranched alkanes of at least 4 members (excludes halogenated alkanes) is 2. The number of hydrogen-bond donors (Lipinski definition) is 2. The van der Waals surface area contributed by atoms with Crippen LogP contribution in [0, 0.1) is 0 Å². The van der Waals surface area contributed by atoms with Crippen LogP contribution in [0.1, 0.15) is 31.7 Å². The molecule has 0 aliphatic rings. The maximum Gasteiger partial charge on any atom is 0.141 e. The molecule has 0 aliphatic heterocycles. The first-order chi connectivity index (χ1) is 13.8. The number of aliphatic hydroxyl groups excluding tert-OH is 1. The standard InChI is InChI=1S/C24H23NO3/c1-2-3-6-11-27-16-12-19-23-21(13-16)28-20-8-5-4-7-17(20)18-10-9-15(14-26)24(25-19)22(18)23/h4-5,7-10,12-13,25-26H,2-3,6,11,14H2,1H3. The number of aromatic amines is 1. The predicted molar refractivity (Wildman–Crippen MR) is 114 cm³/mol. The summed E-state index contributed by atoms with van der Waals surface area (Å²) in [5, 5.41) is 14.2. The van der Waals surface area contributed by atoms with Crippen molar-refractivity contribution in [2.24, 2.45) is 0 Å². The summed E-state index contributed by atoms with van der Waals surface area (Å²) in [4.78, 5) is 3.50. The fourth-order valence-corrected chi connectivity index (χ4v) is 4.09. The molecule has 2 heterocycles. The second kappa shape index (κ2) is 6.88. The first kappa shape index (κ1) is 17.1. The molecule has 0 bridgehead atoms. The Balaban J connectivity index is 1.84. The van der Waals surface area contributed by atoms with E-state index in [-0.39, 0.29) is 6.61 Å². The van der Waals surface area contributed by atoms with Gasteiger partial charge in [0.1, 0.15) is 16.9 Å². The molecular weight excluding hydrogens is 350 g/mol. The second-order valence-corrected chi connectivity index (χ2v) is 7.30. The predicted octanol–water partition coefficient (Wildman–Crippen LogP) is 6.28. The highest BCUT2D eigenvalue weighted by Crippen LogP contribution is 2.40. The zero-order valence-electron chi connectivity index (χ0n) is 15.9. The number of ether oxygens (including phenoxy) is 1. The third-order valence-corrected chi connectivity index (χ3v) is 5.46. The van der Waals surface area contributed by atoms with Crippen molar-refractivity contribution in [3.8, 4) is 5.75 Å². The average molecular weight is 373 g/mol. The van der Waals surface area contributed by atoms with Crippen LogP contribution in [-0.2, 0) is 6.61 Å². The Hall–Kier alpha value is -2.98. The average Bonchev–Trinajstić information content (AvgIpc) is 3.03. The molecule has 2 N–H and O–H groups in total. The van der Waals surface area contributed by atoms with E-state index in [1.165, 1.54) is 6.42 Å². The zero-order valence-corrected chi connectivity index (χ0v) is 15.9. The molecule has 0 saturated carbocycles. The van der Waals surface area contributed by atoms with Crippen LogP contribution in [0.15, 0.2) is 52.9 Å². The number of nitrogens with one attached hydrogen (secondary N) is 1. The summed E-state index contributed by atoms with van der Waals surface area (Å²) in [6, 6.07) is 16.2. The van der Waals surface area contributed by atoms with E-state index in [0.29, 0.717) is 6.61 Å². The normalized spacial score (nSPS) is 11.9. The van der Waals surface area contributed by atoms with E-state index in [0.717, 1.165) is 67.9 Å². The maximum atomic E-state index is 9.85. The summed E-state index contributed by atoms with van der Waals surface area (Å²) in [6.45, 7) is 2.87. The molecule has 0 fully saturated rings. The molecule has 0 aliphatic carbocycles. The van der Waals surface area contributed by atoms with Crippen molar-refractivity contribution in [2.75, 3.05) is 6.61 Å². The van der Waals surface area contributed by atoms with Crippen molar-refractivity contribution in [1.82, 2.24) is 4.98 Å². The van der Waals surface area contributed by atoms with Gasteiger partial charge in [0.2, 0.25) is 0 Å². The fourth-order valence-electron chi connectivity index (χ4n) is 4.09. The SMILES string of the molecule is CCCCCOc1cc2[nH]c3c(CO)ccc4c5ccccc5oc(c1)c2c34. The molecule has 28 heavy (non-hydrogen) atoms. The Bertz CT molecular complexity index is 1300. The molecule has 2 aromatic heterocycles. The number of hydrogen-bond acceptors (Lipinski definition) is 3. The number of benzene rings is 3. The van der Waals surface area contributed by atoms with Gasteiger partial charge in [0.15, 0.2) is 0 Å². The van der Waals surface area contributed by atoms with Gasteiger partial charge in [-0.2, -0.15) is 0 Å². The molecule has 3 aromatic carbocycles. The lowest BCUT2D eigenvalue weighted by atomic mass is 10.0. The van der Waals surface area contributed by atoms with Crippen molar-refractivity contribution in [1.29, 1.82) is 0 Å². The van der Waals surface area contributed by atoms with Crippen molar-refractivity contribution < 1.29 is 14.3 Å². The van der Waals surface area contributed by atoms with Gasteiger partial charge >= 0.3 is 0 Å². The second-order valence-electron chi connectivity index (χ2n) is 7.30. The number of para-hydroxylation sites is 1. The molecule has 0 atom stereocenters. The van der Waals surface area contributed by atoms with Gasteiger partial charge in [-0.3, -0.25) is 0 Å². The zero-order chi connectivity index (χ0) is 19.1. The van der Waals surface area contributed by atoms with Crippen LogP contribution < -0.4 is 4.74 Å². The Kier molecular flexibility index (Phi) is 4.21. The number of rotatable bonds is 6. The minimum Gasteiger partial charge on any atom is -0.493 e. The van der Waals surface area contributed by atoms with Crippen molar-refractivity contribution in [3.05, 3.63) is 54.1 Å². The van der Waals surface area contributed by atoms with Gasteiger partial charge in [-0.05, 0) is 17.9 Å². The Morgan fingerprint density at radius 3 is 2.71 bits per heavy atom. The van der Waals surface area contributed by atoms with E-state index >= 15 is 0 Å². The van der Waals surface area contributed by atoms with Gasteiger partial charge in [0.05, 0.1) is 29.6 Å². The van der Waals surface area contributed by atoms with E-state index in [9.17, 15) is 5.11 Å².